The molecule has 0 spiro atoms. The van der Waals surface area contributed by atoms with E-state index in [2.05, 4.69) is 26.9 Å². The van der Waals surface area contributed by atoms with E-state index < -0.39 is 0 Å². The Labute approximate surface area is 134 Å². The third-order valence-electron chi connectivity index (χ3n) is 4.31. The first kappa shape index (κ1) is 14.1. The number of hydrogen-bond donors (Lipinski definition) is 0. The van der Waals surface area contributed by atoms with Gasteiger partial charge in [-0.3, -0.25) is 0 Å². The van der Waals surface area contributed by atoms with E-state index >= 15 is 0 Å². The molecule has 1 aliphatic heterocycles. The van der Waals surface area contributed by atoms with Gasteiger partial charge in [-0.15, -0.1) is 0 Å². The molecule has 0 radical (unpaired) electrons. The Morgan fingerprint density at radius 2 is 2.00 bits per heavy atom. The first-order valence-electron chi connectivity index (χ1n) is 7.93. The van der Waals surface area contributed by atoms with Crippen molar-refractivity contribution in [3.8, 4) is 5.69 Å². The van der Waals surface area contributed by atoms with Crippen molar-refractivity contribution in [2.75, 3.05) is 24.7 Å². The lowest BCUT2D eigenvalue weighted by atomic mass is 10.2. The summed E-state index contributed by atoms with van der Waals surface area (Å²) in [4.78, 5) is 11.3. The van der Waals surface area contributed by atoms with E-state index in [4.69, 9.17) is 4.74 Å². The predicted molar refractivity (Wildman–Crippen MR) is 88.9 cm³/mol. The zero-order valence-electron chi connectivity index (χ0n) is 13.1. The van der Waals surface area contributed by atoms with Crippen LogP contribution in [0.1, 0.15) is 13.3 Å². The highest BCUT2D eigenvalue weighted by Gasteiger charge is 2.22. The van der Waals surface area contributed by atoms with Crippen LogP contribution >= 0.6 is 0 Å². The molecule has 118 valence electrons. The molecule has 3 heterocycles. The summed E-state index contributed by atoms with van der Waals surface area (Å²) in [5, 5.41) is 5.50. The van der Waals surface area contributed by atoms with Gasteiger partial charge in [0.05, 0.1) is 23.9 Å². The van der Waals surface area contributed by atoms with E-state index in [1.165, 1.54) is 0 Å². The molecule has 6 nitrogen and oxygen atoms in total. The van der Waals surface area contributed by atoms with Crippen LogP contribution in [-0.2, 0) is 4.74 Å². The summed E-state index contributed by atoms with van der Waals surface area (Å²) in [6, 6.07) is 10.4. The van der Waals surface area contributed by atoms with Crippen molar-refractivity contribution in [1.82, 2.24) is 19.7 Å². The molecular weight excluding hydrogens is 290 g/mol. The SMILES string of the molecule is C[C@H]1CCOCCN1c1ncnc2c1cnn2-c1ccccc1. The maximum Gasteiger partial charge on any atom is 0.168 e. The fourth-order valence-corrected chi connectivity index (χ4v) is 3.03. The first-order chi connectivity index (χ1) is 11.3. The van der Waals surface area contributed by atoms with E-state index in [1.54, 1.807) is 6.33 Å². The summed E-state index contributed by atoms with van der Waals surface area (Å²) >= 11 is 0. The van der Waals surface area contributed by atoms with E-state index in [-0.39, 0.29) is 0 Å². The van der Waals surface area contributed by atoms with Crippen LogP contribution in [0, 0.1) is 0 Å². The van der Waals surface area contributed by atoms with Crippen LogP contribution in [0.4, 0.5) is 5.82 Å². The van der Waals surface area contributed by atoms with Gasteiger partial charge in [0.25, 0.3) is 0 Å². The maximum absolute atomic E-state index is 5.60. The minimum absolute atomic E-state index is 0.385. The third-order valence-corrected chi connectivity index (χ3v) is 4.31. The van der Waals surface area contributed by atoms with E-state index in [9.17, 15) is 0 Å². The van der Waals surface area contributed by atoms with Gasteiger partial charge < -0.3 is 9.64 Å². The Hall–Kier alpha value is -2.47. The lowest BCUT2D eigenvalue weighted by molar-refractivity contribution is 0.150. The number of aromatic nitrogens is 4. The van der Waals surface area contributed by atoms with Gasteiger partial charge in [0.2, 0.25) is 0 Å². The average molecular weight is 309 g/mol. The van der Waals surface area contributed by atoms with Gasteiger partial charge >= 0.3 is 0 Å². The fourth-order valence-electron chi connectivity index (χ4n) is 3.03. The molecule has 0 unspecified atom stereocenters. The van der Waals surface area contributed by atoms with E-state index in [0.717, 1.165) is 48.7 Å². The van der Waals surface area contributed by atoms with Gasteiger partial charge in [-0.2, -0.15) is 5.10 Å². The highest BCUT2D eigenvalue weighted by molar-refractivity contribution is 5.87. The third kappa shape index (κ3) is 2.55. The number of anilines is 1. The van der Waals surface area contributed by atoms with E-state index in [0.29, 0.717) is 6.04 Å². The van der Waals surface area contributed by atoms with Crippen LogP contribution in [0.2, 0.25) is 0 Å². The van der Waals surface area contributed by atoms with Gasteiger partial charge in [0.1, 0.15) is 12.1 Å². The molecule has 4 rings (SSSR count). The standard InChI is InChI=1S/C17H19N5O/c1-13-7-9-23-10-8-21(13)16-15-11-20-22(17(15)19-12-18-16)14-5-3-2-4-6-14/h2-6,11-13H,7-10H2,1H3/t13-/m0/s1. The summed E-state index contributed by atoms with van der Waals surface area (Å²) < 4.78 is 7.46. The molecule has 0 saturated carbocycles. The second-order valence-corrected chi connectivity index (χ2v) is 5.77. The fraction of sp³-hybridized carbons (Fsp3) is 0.353. The molecule has 1 fully saturated rings. The number of nitrogens with zero attached hydrogens (tertiary/aromatic N) is 5. The normalized spacial score (nSPS) is 19.0. The Balaban J connectivity index is 1.81. The number of hydrogen-bond acceptors (Lipinski definition) is 5. The van der Waals surface area contributed by atoms with Crippen molar-refractivity contribution in [2.45, 2.75) is 19.4 Å². The number of benzene rings is 1. The van der Waals surface area contributed by atoms with Gasteiger partial charge in [0, 0.05) is 19.2 Å². The van der Waals surface area contributed by atoms with Gasteiger partial charge in [-0.25, -0.2) is 14.6 Å². The highest BCUT2D eigenvalue weighted by Crippen LogP contribution is 2.27. The molecule has 1 aromatic carbocycles. The zero-order chi connectivity index (χ0) is 15.6. The molecule has 23 heavy (non-hydrogen) atoms. The van der Waals surface area contributed by atoms with Crippen molar-refractivity contribution < 1.29 is 4.74 Å². The Bertz CT molecular complexity index is 801. The summed E-state index contributed by atoms with van der Waals surface area (Å²) in [6.45, 7) is 4.58. The van der Waals surface area contributed by atoms with Gasteiger partial charge in [-0.05, 0) is 25.5 Å². The Morgan fingerprint density at radius 1 is 1.13 bits per heavy atom. The molecule has 3 aromatic rings. The lowest BCUT2D eigenvalue weighted by Crippen LogP contribution is -2.34. The van der Waals surface area contributed by atoms with Gasteiger partial charge in [-0.1, -0.05) is 18.2 Å². The van der Waals surface area contributed by atoms with Crippen LogP contribution in [0.5, 0.6) is 0 Å². The highest BCUT2D eigenvalue weighted by atomic mass is 16.5. The number of rotatable bonds is 2. The number of fused-ring (bicyclic) bond motifs is 1. The lowest BCUT2D eigenvalue weighted by Gasteiger charge is -2.27. The predicted octanol–water partition coefficient (Wildman–Crippen LogP) is 2.43. The molecule has 0 N–H and O–H groups in total. The maximum atomic E-state index is 5.60. The monoisotopic (exact) mass is 309 g/mol. The van der Waals surface area contributed by atoms with Crippen LogP contribution in [-0.4, -0.2) is 45.5 Å². The number of para-hydroxylation sites is 1. The van der Waals surface area contributed by atoms with E-state index in [1.807, 2.05) is 41.2 Å². The quantitative estimate of drug-likeness (QED) is 0.728. The molecule has 0 bridgehead atoms. The van der Waals surface area contributed by atoms with Crippen LogP contribution in [0.15, 0.2) is 42.9 Å². The van der Waals surface area contributed by atoms with Crippen molar-refractivity contribution in [3.63, 3.8) is 0 Å². The average Bonchev–Trinajstić information content (AvgIpc) is 2.92. The molecule has 1 aliphatic rings. The summed E-state index contributed by atoms with van der Waals surface area (Å²) in [6.07, 6.45) is 4.48. The Morgan fingerprint density at radius 3 is 2.87 bits per heavy atom. The van der Waals surface area contributed by atoms with Crippen molar-refractivity contribution >= 4 is 16.9 Å². The minimum atomic E-state index is 0.385. The van der Waals surface area contributed by atoms with Crippen LogP contribution in [0.25, 0.3) is 16.7 Å². The summed E-state index contributed by atoms with van der Waals surface area (Å²) in [5.74, 6) is 0.940. The van der Waals surface area contributed by atoms with Crippen LogP contribution < -0.4 is 4.90 Å². The summed E-state index contributed by atoms with van der Waals surface area (Å²) in [7, 11) is 0. The minimum Gasteiger partial charge on any atom is -0.380 e. The molecule has 2 aromatic heterocycles. The first-order valence-corrected chi connectivity index (χ1v) is 7.93. The summed E-state index contributed by atoms with van der Waals surface area (Å²) in [5.41, 5.74) is 1.83. The second kappa shape index (κ2) is 5.96. The Kier molecular flexibility index (Phi) is 3.67. The molecule has 1 saturated heterocycles. The van der Waals surface area contributed by atoms with Crippen LogP contribution in [0.3, 0.4) is 0 Å². The smallest absolute Gasteiger partial charge is 0.168 e. The zero-order valence-corrected chi connectivity index (χ0v) is 13.1. The molecular formula is C17H19N5O. The van der Waals surface area contributed by atoms with Crippen molar-refractivity contribution in [2.24, 2.45) is 0 Å². The topological polar surface area (TPSA) is 56.1 Å². The molecule has 1 atom stereocenters. The van der Waals surface area contributed by atoms with Crippen molar-refractivity contribution in [3.05, 3.63) is 42.9 Å². The van der Waals surface area contributed by atoms with Crippen molar-refractivity contribution in [1.29, 1.82) is 0 Å². The second-order valence-electron chi connectivity index (χ2n) is 5.77. The largest absolute Gasteiger partial charge is 0.380 e. The molecule has 0 amide bonds. The van der Waals surface area contributed by atoms with Gasteiger partial charge in [0.15, 0.2) is 5.65 Å². The molecule has 6 heteroatoms. The molecule has 0 aliphatic carbocycles. The number of ether oxygens (including phenoxy) is 1.